The molecule has 0 aromatic heterocycles. The van der Waals surface area contributed by atoms with Crippen molar-refractivity contribution in [3.8, 4) is 0 Å². The van der Waals surface area contributed by atoms with Crippen LogP contribution in [0.1, 0.15) is 32.6 Å². The molecule has 1 fully saturated rings. The normalized spacial score (nSPS) is 20.4. The number of carbonyl (C=O) groups is 1. The van der Waals surface area contributed by atoms with Gasteiger partial charge in [-0.15, -0.1) is 11.8 Å². The predicted molar refractivity (Wildman–Crippen MR) is 73.8 cm³/mol. The van der Waals surface area contributed by atoms with Crippen molar-refractivity contribution in [2.45, 2.75) is 37.9 Å². The molecule has 92 valence electrons. The summed E-state index contributed by atoms with van der Waals surface area (Å²) < 4.78 is 0. The summed E-state index contributed by atoms with van der Waals surface area (Å²) in [6.45, 7) is 3.25. The lowest BCUT2D eigenvalue weighted by molar-refractivity contribution is -0.130. The molecule has 0 aliphatic carbocycles. The molecule has 0 aromatic rings. The number of hydrogen-bond donors (Lipinski definition) is 1. The van der Waals surface area contributed by atoms with E-state index in [4.69, 9.17) is 18.0 Å². The largest absolute Gasteiger partial charge is 0.392 e. The average molecular weight is 260 g/mol. The highest BCUT2D eigenvalue weighted by atomic mass is 32.2. The van der Waals surface area contributed by atoms with E-state index in [1.165, 1.54) is 6.42 Å². The summed E-state index contributed by atoms with van der Waals surface area (Å²) in [7, 11) is 0. The first-order chi connectivity index (χ1) is 7.65. The molecular formula is C11H20N2OS2. The summed E-state index contributed by atoms with van der Waals surface area (Å²) in [5.41, 5.74) is 5.52. The van der Waals surface area contributed by atoms with Gasteiger partial charge in [-0.1, -0.05) is 25.6 Å². The second-order valence-corrected chi connectivity index (χ2v) is 5.92. The maximum Gasteiger partial charge on any atom is 0.236 e. The van der Waals surface area contributed by atoms with Gasteiger partial charge in [0.1, 0.15) is 0 Å². The Morgan fingerprint density at radius 3 is 2.81 bits per heavy atom. The minimum Gasteiger partial charge on any atom is -0.392 e. The highest BCUT2D eigenvalue weighted by Gasteiger charge is 2.26. The van der Waals surface area contributed by atoms with Crippen LogP contribution in [0, 0.1) is 0 Å². The van der Waals surface area contributed by atoms with Crippen LogP contribution in [0.25, 0.3) is 0 Å². The van der Waals surface area contributed by atoms with Crippen LogP contribution in [-0.2, 0) is 4.79 Å². The molecule has 1 saturated heterocycles. The number of amides is 1. The lowest BCUT2D eigenvalue weighted by Crippen LogP contribution is -2.43. The number of thiocarbonyl (C=S) groups is 1. The van der Waals surface area contributed by atoms with Gasteiger partial charge in [-0.05, 0) is 25.0 Å². The summed E-state index contributed by atoms with van der Waals surface area (Å²) in [4.78, 5) is 14.4. The van der Waals surface area contributed by atoms with Crippen molar-refractivity contribution < 1.29 is 4.79 Å². The van der Waals surface area contributed by atoms with E-state index in [0.29, 0.717) is 11.5 Å². The molecule has 16 heavy (non-hydrogen) atoms. The first kappa shape index (κ1) is 13.8. The molecule has 0 aromatic carbocycles. The van der Waals surface area contributed by atoms with E-state index in [0.717, 1.165) is 31.6 Å². The van der Waals surface area contributed by atoms with Crippen molar-refractivity contribution in [1.82, 2.24) is 4.90 Å². The Morgan fingerprint density at radius 1 is 1.56 bits per heavy atom. The van der Waals surface area contributed by atoms with Gasteiger partial charge in [0, 0.05) is 6.54 Å². The third kappa shape index (κ3) is 4.29. The third-order valence-electron chi connectivity index (χ3n) is 2.61. The van der Waals surface area contributed by atoms with E-state index in [1.54, 1.807) is 11.8 Å². The fourth-order valence-corrected chi connectivity index (χ4v) is 3.30. The van der Waals surface area contributed by atoms with Crippen LogP contribution in [0.2, 0.25) is 0 Å². The molecule has 0 saturated carbocycles. The standard InChI is InChI=1S/C11H20N2OS2/c1-2-6-13(8-10(12)15)11(14)9-5-3-4-7-16-9/h9H,2-8H2,1H3,(H2,12,15). The van der Waals surface area contributed by atoms with E-state index in [1.807, 2.05) is 4.90 Å². The Morgan fingerprint density at radius 2 is 2.31 bits per heavy atom. The topological polar surface area (TPSA) is 46.3 Å². The molecule has 0 radical (unpaired) electrons. The maximum absolute atomic E-state index is 12.2. The zero-order chi connectivity index (χ0) is 12.0. The van der Waals surface area contributed by atoms with Crippen molar-refractivity contribution in [1.29, 1.82) is 0 Å². The van der Waals surface area contributed by atoms with Gasteiger partial charge in [0.25, 0.3) is 0 Å². The summed E-state index contributed by atoms with van der Waals surface area (Å²) >= 11 is 6.66. The number of rotatable bonds is 5. The molecule has 0 bridgehead atoms. The quantitative estimate of drug-likeness (QED) is 0.766. The summed E-state index contributed by atoms with van der Waals surface area (Å²) in [6, 6.07) is 0. The molecule has 1 unspecified atom stereocenters. The summed E-state index contributed by atoms with van der Waals surface area (Å²) in [5, 5.41) is 0.134. The summed E-state index contributed by atoms with van der Waals surface area (Å²) in [5.74, 6) is 1.32. The zero-order valence-electron chi connectivity index (χ0n) is 9.78. The Kier molecular flexibility index (Phi) is 6.13. The minimum atomic E-state index is 0.134. The van der Waals surface area contributed by atoms with Crippen molar-refractivity contribution in [3.05, 3.63) is 0 Å². The second kappa shape index (κ2) is 7.12. The number of thioether (sulfide) groups is 1. The summed E-state index contributed by atoms with van der Waals surface area (Å²) in [6.07, 6.45) is 4.35. The van der Waals surface area contributed by atoms with Crippen molar-refractivity contribution in [2.24, 2.45) is 5.73 Å². The fraction of sp³-hybridized carbons (Fsp3) is 0.818. The first-order valence-corrected chi connectivity index (χ1v) is 7.29. The highest BCUT2D eigenvalue weighted by Crippen LogP contribution is 2.26. The van der Waals surface area contributed by atoms with Gasteiger partial charge in [0.15, 0.2) is 0 Å². The van der Waals surface area contributed by atoms with Crippen LogP contribution < -0.4 is 5.73 Å². The minimum absolute atomic E-state index is 0.134. The molecular weight excluding hydrogens is 240 g/mol. The highest BCUT2D eigenvalue weighted by molar-refractivity contribution is 8.00. The molecule has 2 N–H and O–H groups in total. The van der Waals surface area contributed by atoms with Gasteiger partial charge in [0.2, 0.25) is 5.91 Å². The van der Waals surface area contributed by atoms with E-state index in [-0.39, 0.29) is 11.2 Å². The van der Waals surface area contributed by atoms with E-state index < -0.39 is 0 Å². The van der Waals surface area contributed by atoms with Gasteiger partial charge >= 0.3 is 0 Å². The molecule has 1 aliphatic heterocycles. The molecule has 1 aliphatic rings. The van der Waals surface area contributed by atoms with E-state index in [9.17, 15) is 4.79 Å². The average Bonchev–Trinajstić information content (AvgIpc) is 2.28. The van der Waals surface area contributed by atoms with Crippen LogP contribution in [0.15, 0.2) is 0 Å². The molecule has 1 heterocycles. The Hall–Kier alpha value is -0.290. The van der Waals surface area contributed by atoms with Crippen molar-refractivity contribution in [3.63, 3.8) is 0 Å². The fourth-order valence-electron chi connectivity index (χ4n) is 1.86. The van der Waals surface area contributed by atoms with Crippen LogP contribution in [0.5, 0.6) is 0 Å². The Labute approximate surface area is 107 Å². The van der Waals surface area contributed by atoms with E-state index in [2.05, 4.69) is 6.92 Å². The van der Waals surface area contributed by atoms with Crippen LogP contribution in [-0.4, -0.2) is 39.9 Å². The van der Waals surface area contributed by atoms with E-state index >= 15 is 0 Å². The SMILES string of the molecule is CCCN(CC(N)=S)C(=O)C1CCCCS1. The molecule has 1 atom stereocenters. The Balaban J connectivity index is 2.54. The molecule has 5 heteroatoms. The van der Waals surface area contributed by atoms with Gasteiger partial charge < -0.3 is 10.6 Å². The van der Waals surface area contributed by atoms with Crippen LogP contribution in [0.4, 0.5) is 0 Å². The lowest BCUT2D eigenvalue weighted by Gasteiger charge is -2.28. The lowest BCUT2D eigenvalue weighted by atomic mass is 10.1. The monoisotopic (exact) mass is 260 g/mol. The number of carbonyl (C=O) groups excluding carboxylic acids is 1. The maximum atomic E-state index is 12.2. The number of nitrogens with zero attached hydrogens (tertiary/aromatic N) is 1. The smallest absolute Gasteiger partial charge is 0.236 e. The number of nitrogens with two attached hydrogens (primary N) is 1. The predicted octanol–water partition coefficient (Wildman–Crippen LogP) is 1.80. The van der Waals surface area contributed by atoms with Gasteiger partial charge in [-0.2, -0.15) is 0 Å². The van der Waals surface area contributed by atoms with Gasteiger partial charge in [-0.25, -0.2) is 0 Å². The molecule has 3 nitrogen and oxygen atoms in total. The molecule has 0 spiro atoms. The Bertz CT molecular complexity index is 252. The van der Waals surface area contributed by atoms with Crippen LogP contribution >= 0.6 is 24.0 Å². The molecule has 1 rings (SSSR count). The van der Waals surface area contributed by atoms with Crippen molar-refractivity contribution in [2.75, 3.05) is 18.8 Å². The van der Waals surface area contributed by atoms with Gasteiger partial charge in [-0.3, -0.25) is 4.79 Å². The number of hydrogen-bond acceptors (Lipinski definition) is 3. The molecule has 1 amide bonds. The van der Waals surface area contributed by atoms with Crippen LogP contribution in [0.3, 0.4) is 0 Å². The van der Waals surface area contributed by atoms with Crippen molar-refractivity contribution >= 4 is 34.9 Å². The third-order valence-corrected chi connectivity index (χ3v) is 4.10. The second-order valence-electron chi connectivity index (χ2n) is 4.08. The zero-order valence-corrected chi connectivity index (χ0v) is 11.4. The first-order valence-electron chi connectivity index (χ1n) is 5.83. The van der Waals surface area contributed by atoms with Gasteiger partial charge in [0.05, 0.1) is 16.8 Å².